The second-order valence-electron chi connectivity index (χ2n) is 4.43. The van der Waals surface area contributed by atoms with Crippen LogP contribution < -0.4 is 5.32 Å². The lowest BCUT2D eigenvalue weighted by molar-refractivity contribution is 0.0734. The van der Waals surface area contributed by atoms with E-state index in [9.17, 15) is 4.79 Å². The summed E-state index contributed by atoms with van der Waals surface area (Å²) in [4.78, 5) is 18.7. The number of amides is 1. The second kappa shape index (κ2) is 6.34. The number of aliphatic hydroxyl groups is 1. The van der Waals surface area contributed by atoms with Gasteiger partial charge >= 0.3 is 0 Å². The van der Waals surface area contributed by atoms with Crippen molar-refractivity contribution in [2.45, 2.75) is 6.92 Å². The molecule has 106 valence electrons. The van der Waals surface area contributed by atoms with Crippen LogP contribution >= 0.6 is 0 Å². The molecule has 2 aromatic rings. The number of nitrogens with zero attached hydrogens (tertiary/aromatic N) is 2. The summed E-state index contributed by atoms with van der Waals surface area (Å²) in [6.45, 7) is 2.75. The highest BCUT2D eigenvalue weighted by molar-refractivity contribution is 6.06. The third-order valence-electron chi connectivity index (χ3n) is 3.24. The number of hydrogen-bond acceptors (Lipinski definition) is 4. The number of aliphatic hydroxyl groups excluding tert-OH is 1. The maximum absolute atomic E-state index is 12.6. The van der Waals surface area contributed by atoms with Crippen LogP contribution in [0.1, 0.15) is 17.3 Å². The predicted octanol–water partition coefficient (Wildman–Crippen LogP) is 1.73. The number of anilines is 1. The average Bonchev–Trinajstić information content (AvgIpc) is 2.50. The minimum absolute atomic E-state index is 0.0402. The normalized spacial score (nSPS) is 10.6. The first-order valence-corrected chi connectivity index (χ1v) is 6.69. The SMILES string of the molecule is CCN(CCO)C(=O)c1cc(NC)nc2ccccc12. The standard InChI is InChI=1S/C15H19N3O2/c1-3-18(8-9-19)15(20)12-10-14(16-2)17-13-7-5-4-6-11(12)13/h4-7,10,19H,3,8-9H2,1-2H3,(H,16,17). The lowest BCUT2D eigenvalue weighted by Gasteiger charge is -2.21. The molecule has 1 amide bonds. The first-order chi connectivity index (χ1) is 9.71. The Hall–Kier alpha value is -2.14. The van der Waals surface area contributed by atoms with Crippen LogP contribution in [0.2, 0.25) is 0 Å². The van der Waals surface area contributed by atoms with E-state index in [0.29, 0.717) is 24.5 Å². The van der Waals surface area contributed by atoms with E-state index in [1.165, 1.54) is 0 Å². The molecule has 0 spiro atoms. The number of carbonyl (C=O) groups is 1. The predicted molar refractivity (Wildman–Crippen MR) is 80.0 cm³/mol. The number of carbonyl (C=O) groups excluding carboxylic acids is 1. The zero-order valence-corrected chi connectivity index (χ0v) is 11.8. The van der Waals surface area contributed by atoms with E-state index in [-0.39, 0.29) is 12.5 Å². The highest BCUT2D eigenvalue weighted by atomic mass is 16.3. The molecule has 0 bridgehead atoms. The van der Waals surface area contributed by atoms with Crippen LogP contribution in [0.25, 0.3) is 10.9 Å². The lowest BCUT2D eigenvalue weighted by Crippen LogP contribution is -2.33. The number of benzene rings is 1. The Morgan fingerprint density at radius 3 is 2.80 bits per heavy atom. The average molecular weight is 273 g/mol. The van der Waals surface area contributed by atoms with Crippen molar-refractivity contribution in [2.75, 3.05) is 32.1 Å². The van der Waals surface area contributed by atoms with Gasteiger partial charge in [0.05, 0.1) is 17.7 Å². The molecule has 0 unspecified atom stereocenters. The van der Waals surface area contributed by atoms with Gasteiger partial charge in [-0.25, -0.2) is 4.98 Å². The van der Waals surface area contributed by atoms with Crippen molar-refractivity contribution < 1.29 is 9.90 Å². The van der Waals surface area contributed by atoms with Gasteiger partial charge in [-0.1, -0.05) is 18.2 Å². The fourth-order valence-corrected chi connectivity index (χ4v) is 2.17. The molecule has 0 aliphatic heterocycles. The third kappa shape index (κ3) is 2.72. The molecule has 1 aromatic heterocycles. The number of fused-ring (bicyclic) bond motifs is 1. The van der Waals surface area contributed by atoms with Gasteiger partial charge in [-0.3, -0.25) is 4.79 Å². The van der Waals surface area contributed by atoms with Crippen LogP contribution in [0.15, 0.2) is 30.3 Å². The van der Waals surface area contributed by atoms with E-state index in [1.807, 2.05) is 31.2 Å². The molecule has 0 aliphatic rings. The molecule has 2 N–H and O–H groups in total. The van der Waals surface area contributed by atoms with Gasteiger partial charge < -0.3 is 15.3 Å². The van der Waals surface area contributed by atoms with Crippen LogP contribution in [-0.4, -0.2) is 47.6 Å². The summed E-state index contributed by atoms with van der Waals surface area (Å²) >= 11 is 0. The summed E-state index contributed by atoms with van der Waals surface area (Å²) in [5.74, 6) is 0.573. The topological polar surface area (TPSA) is 65.5 Å². The molecule has 0 saturated heterocycles. The molecular formula is C15H19N3O2. The summed E-state index contributed by atoms with van der Waals surface area (Å²) in [5.41, 5.74) is 1.39. The van der Waals surface area contributed by atoms with E-state index in [1.54, 1.807) is 18.0 Å². The Morgan fingerprint density at radius 1 is 1.40 bits per heavy atom. The summed E-state index contributed by atoms with van der Waals surface area (Å²) in [6, 6.07) is 9.32. The van der Waals surface area contributed by atoms with Crippen molar-refractivity contribution in [3.05, 3.63) is 35.9 Å². The largest absolute Gasteiger partial charge is 0.395 e. The quantitative estimate of drug-likeness (QED) is 0.870. The Bertz CT molecular complexity index is 613. The van der Waals surface area contributed by atoms with Crippen LogP contribution in [0, 0.1) is 0 Å². The van der Waals surface area contributed by atoms with Crippen molar-refractivity contribution in [3.63, 3.8) is 0 Å². The van der Waals surface area contributed by atoms with Crippen molar-refractivity contribution in [3.8, 4) is 0 Å². The molecule has 1 aromatic carbocycles. The lowest BCUT2D eigenvalue weighted by atomic mass is 10.1. The fourth-order valence-electron chi connectivity index (χ4n) is 2.17. The zero-order valence-electron chi connectivity index (χ0n) is 11.8. The molecule has 5 nitrogen and oxygen atoms in total. The van der Waals surface area contributed by atoms with Crippen LogP contribution in [0.3, 0.4) is 0 Å². The minimum Gasteiger partial charge on any atom is -0.395 e. The van der Waals surface area contributed by atoms with Crippen LogP contribution in [-0.2, 0) is 0 Å². The van der Waals surface area contributed by atoms with Gasteiger partial charge in [0, 0.05) is 25.5 Å². The highest BCUT2D eigenvalue weighted by Crippen LogP contribution is 2.22. The summed E-state index contributed by atoms with van der Waals surface area (Å²) in [5, 5.41) is 12.9. The smallest absolute Gasteiger partial charge is 0.254 e. The van der Waals surface area contributed by atoms with E-state index in [4.69, 9.17) is 5.11 Å². The second-order valence-corrected chi connectivity index (χ2v) is 4.43. The van der Waals surface area contributed by atoms with Gasteiger partial charge in [-0.05, 0) is 19.1 Å². The van der Waals surface area contributed by atoms with E-state index >= 15 is 0 Å². The van der Waals surface area contributed by atoms with Gasteiger partial charge in [0.15, 0.2) is 0 Å². The third-order valence-corrected chi connectivity index (χ3v) is 3.24. The van der Waals surface area contributed by atoms with Gasteiger partial charge in [-0.2, -0.15) is 0 Å². The Labute approximate surface area is 118 Å². The maximum Gasteiger partial charge on any atom is 0.254 e. The number of likely N-dealkylation sites (N-methyl/N-ethyl adjacent to an activating group) is 1. The van der Waals surface area contributed by atoms with Gasteiger partial charge in [-0.15, -0.1) is 0 Å². The molecular weight excluding hydrogens is 254 g/mol. The van der Waals surface area contributed by atoms with Crippen molar-refractivity contribution in [1.29, 1.82) is 0 Å². The summed E-state index contributed by atoms with van der Waals surface area (Å²) < 4.78 is 0. The van der Waals surface area contributed by atoms with Crippen LogP contribution in [0.5, 0.6) is 0 Å². The Balaban J connectivity index is 2.54. The highest BCUT2D eigenvalue weighted by Gasteiger charge is 2.17. The molecule has 0 aliphatic carbocycles. The van der Waals surface area contributed by atoms with E-state index in [2.05, 4.69) is 10.3 Å². The van der Waals surface area contributed by atoms with E-state index in [0.717, 1.165) is 10.9 Å². The number of rotatable bonds is 5. The first-order valence-electron chi connectivity index (χ1n) is 6.69. The molecule has 0 fully saturated rings. The van der Waals surface area contributed by atoms with Gasteiger partial charge in [0.2, 0.25) is 0 Å². The number of para-hydroxylation sites is 1. The zero-order chi connectivity index (χ0) is 14.5. The summed E-state index contributed by atoms with van der Waals surface area (Å²) in [6.07, 6.45) is 0. The van der Waals surface area contributed by atoms with Crippen LogP contribution in [0.4, 0.5) is 5.82 Å². The van der Waals surface area contributed by atoms with Crippen molar-refractivity contribution in [1.82, 2.24) is 9.88 Å². The molecule has 0 saturated carbocycles. The van der Waals surface area contributed by atoms with Gasteiger partial charge in [0.25, 0.3) is 5.91 Å². The van der Waals surface area contributed by atoms with Crippen molar-refractivity contribution in [2.24, 2.45) is 0 Å². The number of aromatic nitrogens is 1. The molecule has 5 heteroatoms. The maximum atomic E-state index is 12.6. The molecule has 20 heavy (non-hydrogen) atoms. The number of hydrogen-bond donors (Lipinski definition) is 2. The first kappa shape index (κ1) is 14.3. The molecule has 1 heterocycles. The fraction of sp³-hybridized carbons (Fsp3) is 0.333. The van der Waals surface area contributed by atoms with E-state index < -0.39 is 0 Å². The monoisotopic (exact) mass is 273 g/mol. The number of pyridine rings is 1. The molecule has 0 radical (unpaired) electrons. The minimum atomic E-state index is -0.0864. The molecule has 2 rings (SSSR count). The van der Waals surface area contributed by atoms with Crippen molar-refractivity contribution >= 4 is 22.6 Å². The Kier molecular flexibility index (Phi) is 4.53. The molecule has 0 atom stereocenters. The summed E-state index contributed by atoms with van der Waals surface area (Å²) in [7, 11) is 1.77. The van der Waals surface area contributed by atoms with Gasteiger partial charge in [0.1, 0.15) is 5.82 Å². The number of nitrogens with one attached hydrogen (secondary N) is 1. The Morgan fingerprint density at radius 2 is 2.15 bits per heavy atom.